The van der Waals surface area contributed by atoms with Crippen LogP contribution in [0.2, 0.25) is 0 Å². The maximum absolute atomic E-state index is 12.1. The summed E-state index contributed by atoms with van der Waals surface area (Å²) in [5.41, 5.74) is 0.301. The summed E-state index contributed by atoms with van der Waals surface area (Å²) in [4.78, 5) is 0. The zero-order valence-electron chi connectivity index (χ0n) is 9.98. The number of allylic oxidation sites excluding steroid dienone is 1. The highest BCUT2D eigenvalue weighted by atomic mass is 19.4. The van der Waals surface area contributed by atoms with E-state index in [2.05, 4.69) is 4.74 Å². The molecular weight excluding hydrogens is 261 g/mol. The summed E-state index contributed by atoms with van der Waals surface area (Å²) in [5, 5.41) is 10.0. The highest BCUT2D eigenvalue weighted by Crippen LogP contribution is 2.30. The highest BCUT2D eigenvalue weighted by molar-refractivity contribution is 5.33. The van der Waals surface area contributed by atoms with Crippen molar-refractivity contribution < 1.29 is 27.8 Å². The third kappa shape index (κ3) is 3.89. The van der Waals surface area contributed by atoms with E-state index >= 15 is 0 Å². The van der Waals surface area contributed by atoms with Gasteiger partial charge in [-0.1, -0.05) is 12.1 Å². The predicted molar refractivity (Wildman–Crippen MR) is 61.4 cm³/mol. The lowest BCUT2D eigenvalue weighted by Crippen LogP contribution is -2.17. The summed E-state index contributed by atoms with van der Waals surface area (Å²) >= 11 is 0. The summed E-state index contributed by atoms with van der Waals surface area (Å²) in [7, 11) is 0. The van der Waals surface area contributed by atoms with Gasteiger partial charge in [0.1, 0.15) is 17.6 Å². The minimum absolute atomic E-state index is 0.301. The van der Waals surface area contributed by atoms with E-state index in [1.54, 1.807) is 6.08 Å². The number of hydrogen-bond acceptors (Lipinski definition) is 3. The lowest BCUT2D eigenvalue weighted by Gasteiger charge is -2.20. The van der Waals surface area contributed by atoms with Crippen LogP contribution in [0.3, 0.4) is 0 Å². The summed E-state index contributed by atoms with van der Waals surface area (Å²) < 4.78 is 45.4. The number of ether oxygens (including phenoxy) is 2. The van der Waals surface area contributed by atoms with Crippen molar-refractivity contribution in [1.29, 1.82) is 0 Å². The molecule has 1 N–H and O–H groups in total. The van der Waals surface area contributed by atoms with E-state index in [1.807, 2.05) is 0 Å². The van der Waals surface area contributed by atoms with E-state index in [4.69, 9.17) is 4.74 Å². The SMILES string of the molecule is OC(C1=CCCCO1)c1cccc(OC(F)(F)F)c1. The van der Waals surface area contributed by atoms with Crippen molar-refractivity contribution >= 4 is 0 Å². The molecule has 0 radical (unpaired) electrons. The number of benzene rings is 1. The van der Waals surface area contributed by atoms with Gasteiger partial charge < -0.3 is 14.6 Å². The lowest BCUT2D eigenvalue weighted by atomic mass is 10.1. The van der Waals surface area contributed by atoms with Crippen molar-refractivity contribution in [1.82, 2.24) is 0 Å². The molecule has 1 aliphatic rings. The van der Waals surface area contributed by atoms with Crippen molar-refractivity contribution in [3.8, 4) is 5.75 Å². The van der Waals surface area contributed by atoms with Gasteiger partial charge in [-0.25, -0.2) is 0 Å². The molecule has 19 heavy (non-hydrogen) atoms. The summed E-state index contributed by atoms with van der Waals surface area (Å²) in [6.07, 6.45) is -2.43. The standard InChI is InChI=1S/C13H13F3O3/c14-13(15,16)19-10-5-3-4-9(8-10)12(17)11-6-1-2-7-18-11/h3-6,8,12,17H,1-2,7H2. The van der Waals surface area contributed by atoms with Crippen LogP contribution in [-0.2, 0) is 4.74 Å². The molecule has 1 unspecified atom stereocenters. The minimum atomic E-state index is -4.75. The fraction of sp³-hybridized carbons (Fsp3) is 0.385. The molecule has 0 aliphatic carbocycles. The minimum Gasteiger partial charge on any atom is -0.495 e. The molecule has 3 nitrogen and oxygen atoms in total. The van der Waals surface area contributed by atoms with Crippen LogP contribution in [0.4, 0.5) is 13.2 Å². The molecule has 1 aromatic rings. The Morgan fingerprint density at radius 1 is 1.32 bits per heavy atom. The molecule has 0 spiro atoms. The molecule has 1 aromatic carbocycles. The van der Waals surface area contributed by atoms with Crippen LogP contribution in [0.1, 0.15) is 24.5 Å². The van der Waals surface area contributed by atoms with E-state index in [0.717, 1.165) is 18.9 Å². The number of halogens is 3. The van der Waals surface area contributed by atoms with Crippen molar-refractivity contribution in [2.45, 2.75) is 25.3 Å². The molecule has 104 valence electrons. The Bertz CT molecular complexity index is 468. The van der Waals surface area contributed by atoms with Crippen molar-refractivity contribution in [3.63, 3.8) is 0 Å². The summed E-state index contributed by atoms with van der Waals surface area (Å²) in [6, 6.07) is 5.24. The molecule has 2 rings (SSSR count). The third-order valence-corrected chi connectivity index (χ3v) is 2.64. The Hall–Kier alpha value is -1.69. The van der Waals surface area contributed by atoms with Crippen LogP contribution in [-0.4, -0.2) is 18.1 Å². The van der Waals surface area contributed by atoms with Gasteiger partial charge in [0.25, 0.3) is 0 Å². The number of hydrogen-bond donors (Lipinski definition) is 1. The smallest absolute Gasteiger partial charge is 0.495 e. The molecule has 1 atom stereocenters. The van der Waals surface area contributed by atoms with Crippen LogP contribution in [0.25, 0.3) is 0 Å². The second-order valence-corrected chi connectivity index (χ2v) is 4.12. The highest BCUT2D eigenvalue weighted by Gasteiger charge is 2.31. The largest absolute Gasteiger partial charge is 0.573 e. The Morgan fingerprint density at radius 3 is 2.74 bits per heavy atom. The molecule has 0 fully saturated rings. The first kappa shape index (κ1) is 13.7. The van der Waals surface area contributed by atoms with E-state index in [9.17, 15) is 18.3 Å². The predicted octanol–water partition coefficient (Wildman–Crippen LogP) is 3.31. The van der Waals surface area contributed by atoms with Crippen LogP contribution >= 0.6 is 0 Å². The maximum atomic E-state index is 12.1. The van der Waals surface area contributed by atoms with E-state index < -0.39 is 12.5 Å². The molecule has 0 saturated heterocycles. The number of rotatable bonds is 3. The monoisotopic (exact) mass is 274 g/mol. The lowest BCUT2D eigenvalue weighted by molar-refractivity contribution is -0.274. The second-order valence-electron chi connectivity index (χ2n) is 4.12. The molecular formula is C13H13F3O3. The number of aliphatic hydroxyl groups is 1. The van der Waals surface area contributed by atoms with Gasteiger partial charge in [0, 0.05) is 0 Å². The molecule has 1 heterocycles. The van der Waals surface area contributed by atoms with Crippen LogP contribution in [0.15, 0.2) is 36.1 Å². The Kier molecular flexibility index (Phi) is 3.99. The third-order valence-electron chi connectivity index (χ3n) is 2.64. The Morgan fingerprint density at radius 2 is 2.11 bits per heavy atom. The van der Waals surface area contributed by atoms with E-state index in [1.165, 1.54) is 18.2 Å². The van der Waals surface area contributed by atoms with Gasteiger partial charge in [-0.15, -0.1) is 13.2 Å². The van der Waals surface area contributed by atoms with Crippen LogP contribution in [0.5, 0.6) is 5.75 Å². The first-order valence-corrected chi connectivity index (χ1v) is 5.82. The molecule has 0 saturated carbocycles. The second kappa shape index (κ2) is 5.52. The van der Waals surface area contributed by atoms with Gasteiger partial charge in [-0.2, -0.15) is 0 Å². The van der Waals surface area contributed by atoms with Crippen molar-refractivity contribution in [2.75, 3.05) is 6.61 Å². The normalized spacial score (nSPS) is 17.4. The zero-order valence-corrected chi connectivity index (χ0v) is 9.98. The fourth-order valence-electron chi connectivity index (χ4n) is 1.81. The van der Waals surface area contributed by atoms with E-state index in [-0.39, 0.29) is 5.75 Å². The molecule has 0 bridgehead atoms. The van der Waals surface area contributed by atoms with E-state index in [0.29, 0.717) is 17.9 Å². The summed E-state index contributed by atoms with van der Waals surface area (Å²) in [5.74, 6) is 0.0101. The number of alkyl halides is 3. The Labute approximate surface area is 108 Å². The van der Waals surface area contributed by atoms with Crippen molar-refractivity contribution in [2.24, 2.45) is 0 Å². The summed E-state index contributed by atoms with van der Waals surface area (Å²) in [6.45, 7) is 0.502. The van der Waals surface area contributed by atoms with Gasteiger partial charge in [0.05, 0.1) is 6.61 Å². The van der Waals surface area contributed by atoms with Gasteiger partial charge in [-0.05, 0) is 36.6 Å². The van der Waals surface area contributed by atoms with Gasteiger partial charge in [-0.3, -0.25) is 0 Å². The van der Waals surface area contributed by atoms with Gasteiger partial charge >= 0.3 is 6.36 Å². The number of aliphatic hydroxyl groups excluding tert-OH is 1. The molecule has 1 aliphatic heterocycles. The topological polar surface area (TPSA) is 38.7 Å². The molecule has 6 heteroatoms. The molecule has 0 aromatic heterocycles. The van der Waals surface area contributed by atoms with Gasteiger partial charge in [0.15, 0.2) is 0 Å². The fourth-order valence-corrected chi connectivity index (χ4v) is 1.81. The Balaban J connectivity index is 2.16. The first-order valence-electron chi connectivity index (χ1n) is 5.82. The van der Waals surface area contributed by atoms with Crippen molar-refractivity contribution in [3.05, 3.63) is 41.7 Å². The zero-order chi connectivity index (χ0) is 13.9. The van der Waals surface area contributed by atoms with Crippen LogP contribution in [0, 0.1) is 0 Å². The average Bonchev–Trinajstić information content (AvgIpc) is 2.37. The average molecular weight is 274 g/mol. The maximum Gasteiger partial charge on any atom is 0.573 e. The quantitative estimate of drug-likeness (QED) is 0.919. The van der Waals surface area contributed by atoms with Gasteiger partial charge in [0.2, 0.25) is 0 Å². The first-order chi connectivity index (χ1) is 8.96. The molecule has 0 amide bonds. The van der Waals surface area contributed by atoms with Crippen LogP contribution < -0.4 is 4.74 Å².